The number of hydrogen-bond acceptors (Lipinski definition) is 4. The van der Waals surface area contributed by atoms with Crippen LogP contribution in [0.25, 0.3) is 0 Å². The lowest BCUT2D eigenvalue weighted by atomic mass is 10.2. The van der Waals surface area contributed by atoms with E-state index in [-0.39, 0.29) is 5.95 Å². The molecule has 0 saturated heterocycles. The first-order valence-corrected chi connectivity index (χ1v) is 4.61. The summed E-state index contributed by atoms with van der Waals surface area (Å²) in [6.45, 7) is 1.78. The second kappa shape index (κ2) is 4.08. The van der Waals surface area contributed by atoms with Gasteiger partial charge in [0, 0.05) is 5.69 Å². The van der Waals surface area contributed by atoms with Gasteiger partial charge in [0.15, 0.2) is 0 Å². The zero-order chi connectivity index (χ0) is 12.5. The molecule has 0 saturated carbocycles. The normalized spacial score (nSPS) is 11.5. The van der Waals surface area contributed by atoms with Gasteiger partial charge in [-0.15, -0.1) is 0 Å². The highest BCUT2D eigenvalue weighted by molar-refractivity contribution is 5.57. The van der Waals surface area contributed by atoms with Gasteiger partial charge in [-0.2, -0.15) is 18.2 Å². The van der Waals surface area contributed by atoms with Gasteiger partial charge in [-0.3, -0.25) is 0 Å². The van der Waals surface area contributed by atoms with Crippen LogP contribution in [0.1, 0.15) is 11.5 Å². The van der Waals surface area contributed by atoms with Gasteiger partial charge in [0.05, 0.1) is 0 Å². The van der Waals surface area contributed by atoms with Crippen molar-refractivity contribution in [1.82, 2.24) is 10.1 Å². The zero-order valence-electron chi connectivity index (χ0n) is 8.67. The van der Waals surface area contributed by atoms with E-state index in [2.05, 4.69) is 26.0 Å². The van der Waals surface area contributed by atoms with Crippen LogP contribution in [0.2, 0.25) is 0 Å². The molecule has 1 aromatic heterocycles. The number of rotatable bonds is 2. The molecule has 89 valence electrons. The van der Waals surface area contributed by atoms with E-state index < -0.39 is 12.1 Å². The minimum absolute atomic E-state index is 0.230. The van der Waals surface area contributed by atoms with Crippen molar-refractivity contribution in [3.63, 3.8) is 0 Å². The predicted molar refractivity (Wildman–Crippen MR) is 52.6 cm³/mol. The van der Waals surface area contributed by atoms with Crippen LogP contribution < -0.4 is 5.32 Å². The summed E-state index contributed by atoms with van der Waals surface area (Å²) in [4.78, 5) is 3.19. The molecule has 0 fully saturated rings. The second-order valence-electron chi connectivity index (χ2n) is 3.29. The molecule has 0 amide bonds. The molecular weight excluding hydrogens is 235 g/mol. The number of aryl methyl sites for hydroxylation is 1. The fourth-order valence-corrected chi connectivity index (χ4v) is 1.16. The summed E-state index contributed by atoms with van der Waals surface area (Å²) in [6, 6.07) is 7.80. The molecule has 2 rings (SSSR count). The lowest BCUT2D eigenvalue weighted by Crippen LogP contribution is -2.05. The number of nitrogens with one attached hydrogen (secondary N) is 1. The number of alkyl halides is 3. The molecule has 1 radical (unpaired) electrons. The van der Waals surface area contributed by atoms with E-state index in [1.54, 1.807) is 25.1 Å². The molecular formula is C10H7F3N3O. The summed E-state index contributed by atoms with van der Waals surface area (Å²) in [6.07, 6.45) is -4.63. The van der Waals surface area contributed by atoms with Crippen molar-refractivity contribution in [3.05, 3.63) is 35.7 Å². The van der Waals surface area contributed by atoms with E-state index >= 15 is 0 Å². The number of anilines is 2. The van der Waals surface area contributed by atoms with E-state index in [0.29, 0.717) is 5.69 Å². The highest BCUT2D eigenvalue weighted by Crippen LogP contribution is 2.28. The summed E-state index contributed by atoms with van der Waals surface area (Å²) in [5.74, 6) is -1.60. The van der Waals surface area contributed by atoms with Crippen LogP contribution in [0.3, 0.4) is 0 Å². The maximum Gasteiger partial charge on any atom is 0.471 e. The molecule has 0 bridgehead atoms. The van der Waals surface area contributed by atoms with Crippen molar-refractivity contribution in [2.75, 3.05) is 5.32 Å². The van der Waals surface area contributed by atoms with Gasteiger partial charge in [-0.25, -0.2) is 0 Å². The Labute approximate surface area is 94.4 Å². The summed E-state index contributed by atoms with van der Waals surface area (Å²) in [5.41, 5.74) is 1.41. The van der Waals surface area contributed by atoms with Crippen LogP contribution >= 0.6 is 0 Å². The van der Waals surface area contributed by atoms with Crippen LogP contribution in [-0.4, -0.2) is 10.1 Å². The van der Waals surface area contributed by atoms with E-state index in [0.717, 1.165) is 5.56 Å². The Morgan fingerprint density at radius 3 is 2.76 bits per heavy atom. The lowest BCUT2D eigenvalue weighted by Gasteiger charge is -2.03. The molecule has 0 aliphatic carbocycles. The number of hydrogen-bond donors (Lipinski definition) is 1. The Bertz CT molecular complexity index is 522. The Kier molecular flexibility index (Phi) is 2.74. The maximum absolute atomic E-state index is 12.2. The van der Waals surface area contributed by atoms with Gasteiger partial charge in [-0.1, -0.05) is 6.07 Å². The van der Waals surface area contributed by atoms with Gasteiger partial charge in [0.2, 0.25) is 0 Å². The minimum Gasteiger partial charge on any atom is -0.327 e. The van der Waals surface area contributed by atoms with Crippen molar-refractivity contribution in [2.24, 2.45) is 0 Å². The third kappa shape index (κ3) is 2.55. The zero-order valence-corrected chi connectivity index (χ0v) is 8.67. The summed E-state index contributed by atoms with van der Waals surface area (Å²) in [7, 11) is 0. The maximum atomic E-state index is 12.2. The molecule has 0 unspecified atom stereocenters. The molecule has 7 heteroatoms. The average molecular weight is 242 g/mol. The Morgan fingerprint density at radius 1 is 1.41 bits per heavy atom. The SMILES string of the molecule is Cc1c[c]ccc1Nc1noc(C(F)(F)F)n1. The summed E-state index contributed by atoms with van der Waals surface area (Å²) < 4.78 is 40.7. The molecule has 1 N–H and O–H groups in total. The monoisotopic (exact) mass is 242 g/mol. The van der Waals surface area contributed by atoms with Crippen molar-refractivity contribution in [3.8, 4) is 0 Å². The lowest BCUT2D eigenvalue weighted by molar-refractivity contribution is -0.159. The van der Waals surface area contributed by atoms with E-state index in [1.807, 2.05) is 0 Å². The first kappa shape index (κ1) is 11.4. The third-order valence-electron chi connectivity index (χ3n) is 1.99. The van der Waals surface area contributed by atoms with Crippen LogP contribution in [-0.2, 0) is 6.18 Å². The van der Waals surface area contributed by atoms with Gasteiger partial charge in [0.1, 0.15) is 0 Å². The topological polar surface area (TPSA) is 51.0 Å². The fraction of sp³-hybridized carbons (Fsp3) is 0.200. The van der Waals surface area contributed by atoms with Crippen molar-refractivity contribution < 1.29 is 17.7 Å². The molecule has 0 aliphatic rings. The van der Waals surface area contributed by atoms with Gasteiger partial charge in [0.25, 0.3) is 5.95 Å². The first-order chi connectivity index (χ1) is 7.97. The minimum atomic E-state index is -4.63. The van der Waals surface area contributed by atoms with E-state index in [1.165, 1.54) is 0 Å². The van der Waals surface area contributed by atoms with E-state index in [4.69, 9.17) is 0 Å². The highest BCUT2D eigenvalue weighted by Gasteiger charge is 2.38. The molecule has 0 aliphatic heterocycles. The van der Waals surface area contributed by atoms with Crippen LogP contribution in [0.5, 0.6) is 0 Å². The van der Waals surface area contributed by atoms with Crippen molar-refractivity contribution in [2.45, 2.75) is 13.1 Å². The van der Waals surface area contributed by atoms with Gasteiger partial charge >= 0.3 is 12.1 Å². The highest BCUT2D eigenvalue weighted by atomic mass is 19.4. The summed E-state index contributed by atoms with van der Waals surface area (Å²) >= 11 is 0. The predicted octanol–water partition coefficient (Wildman–Crippen LogP) is 2.94. The standard InChI is InChI=1S/C10H7F3N3O/c1-6-4-2-3-5-7(6)14-9-15-8(17-16-9)10(11,12)13/h3-5H,1H3,(H,14,16). The van der Waals surface area contributed by atoms with Crippen LogP contribution in [0, 0.1) is 13.0 Å². The van der Waals surface area contributed by atoms with Crippen molar-refractivity contribution in [1.29, 1.82) is 0 Å². The van der Waals surface area contributed by atoms with Gasteiger partial charge in [-0.05, 0) is 35.8 Å². The van der Waals surface area contributed by atoms with Crippen molar-refractivity contribution >= 4 is 11.6 Å². The Balaban J connectivity index is 2.21. The third-order valence-corrected chi connectivity index (χ3v) is 1.99. The molecule has 2 aromatic rings. The number of nitrogens with zero attached hydrogens (tertiary/aromatic N) is 2. The smallest absolute Gasteiger partial charge is 0.327 e. The molecule has 1 heterocycles. The number of aromatic nitrogens is 2. The molecule has 4 nitrogen and oxygen atoms in total. The second-order valence-corrected chi connectivity index (χ2v) is 3.29. The van der Waals surface area contributed by atoms with E-state index in [9.17, 15) is 13.2 Å². The Morgan fingerprint density at radius 2 is 2.18 bits per heavy atom. The molecule has 0 spiro atoms. The molecule has 1 aromatic carbocycles. The first-order valence-electron chi connectivity index (χ1n) is 4.61. The average Bonchev–Trinajstić information content (AvgIpc) is 2.69. The quantitative estimate of drug-likeness (QED) is 0.879. The van der Waals surface area contributed by atoms with Gasteiger partial charge < -0.3 is 9.84 Å². The fourth-order valence-electron chi connectivity index (χ4n) is 1.16. The molecule has 17 heavy (non-hydrogen) atoms. The Hall–Kier alpha value is -2.05. The number of benzene rings is 1. The summed E-state index contributed by atoms with van der Waals surface area (Å²) in [5, 5.41) is 5.82. The largest absolute Gasteiger partial charge is 0.471 e. The van der Waals surface area contributed by atoms with Crippen LogP contribution in [0.4, 0.5) is 24.8 Å². The number of halogens is 3. The molecule has 0 atom stereocenters. The van der Waals surface area contributed by atoms with Crippen LogP contribution in [0.15, 0.2) is 22.7 Å².